The van der Waals surface area contributed by atoms with Crippen molar-refractivity contribution < 1.29 is 9.53 Å². The van der Waals surface area contributed by atoms with Crippen LogP contribution >= 0.6 is 15.9 Å². The third-order valence-corrected chi connectivity index (χ3v) is 2.11. The summed E-state index contributed by atoms with van der Waals surface area (Å²) in [4.78, 5) is 11.7. The highest BCUT2D eigenvalue weighted by atomic mass is 79.9. The molecule has 0 aromatic carbocycles. The first-order valence-corrected chi connectivity index (χ1v) is 5.96. The highest BCUT2D eigenvalue weighted by Crippen LogP contribution is 2.04. The molecule has 0 saturated carbocycles. The van der Waals surface area contributed by atoms with Crippen LogP contribution in [-0.2, 0) is 9.53 Å². The van der Waals surface area contributed by atoms with Crippen molar-refractivity contribution in [3.8, 4) is 0 Å². The molecule has 0 aromatic rings. The van der Waals surface area contributed by atoms with E-state index in [4.69, 9.17) is 4.74 Å². The Balaban J connectivity index is 3.27. The molecule has 1 N–H and O–H groups in total. The van der Waals surface area contributed by atoms with Gasteiger partial charge in [0.05, 0.1) is 6.10 Å². The van der Waals surface area contributed by atoms with Crippen LogP contribution in [0.1, 0.15) is 33.6 Å². The van der Waals surface area contributed by atoms with Crippen molar-refractivity contribution in [2.24, 2.45) is 0 Å². The van der Waals surface area contributed by atoms with E-state index in [-0.39, 0.29) is 18.6 Å². The number of rotatable bonds is 7. The Morgan fingerprint density at radius 1 is 1.43 bits per heavy atom. The molecule has 0 heterocycles. The van der Waals surface area contributed by atoms with Gasteiger partial charge in [0.25, 0.3) is 0 Å². The molecule has 0 aromatic heterocycles. The first kappa shape index (κ1) is 13.9. The van der Waals surface area contributed by atoms with Gasteiger partial charge in [0, 0.05) is 11.4 Å². The van der Waals surface area contributed by atoms with Crippen molar-refractivity contribution in [2.45, 2.75) is 44.5 Å². The second kappa shape index (κ2) is 8.24. The molecule has 4 heteroatoms. The average Bonchev–Trinajstić information content (AvgIpc) is 2.08. The smallest absolute Gasteiger partial charge is 0.246 e. The summed E-state index contributed by atoms with van der Waals surface area (Å²) in [5, 5.41) is 2.81. The SMILES string of the molecule is CC(Br)CCCNC(=O)COC(C)C. The van der Waals surface area contributed by atoms with Crippen molar-refractivity contribution in [3.63, 3.8) is 0 Å². The van der Waals surface area contributed by atoms with Gasteiger partial charge in [0.2, 0.25) is 5.91 Å². The predicted octanol–water partition coefficient (Wildman–Crippen LogP) is 2.09. The third-order valence-electron chi connectivity index (χ3n) is 1.65. The van der Waals surface area contributed by atoms with Crippen LogP contribution in [0.2, 0.25) is 0 Å². The van der Waals surface area contributed by atoms with E-state index in [9.17, 15) is 4.79 Å². The summed E-state index contributed by atoms with van der Waals surface area (Å²) in [6.45, 7) is 6.83. The molecule has 0 aliphatic rings. The number of ether oxygens (including phenoxy) is 1. The summed E-state index contributed by atoms with van der Waals surface area (Å²) < 4.78 is 5.16. The molecule has 0 bridgehead atoms. The topological polar surface area (TPSA) is 38.3 Å². The summed E-state index contributed by atoms with van der Waals surface area (Å²) in [7, 11) is 0. The van der Waals surface area contributed by atoms with Crippen molar-refractivity contribution in [2.75, 3.05) is 13.2 Å². The van der Waals surface area contributed by atoms with Gasteiger partial charge in [0.1, 0.15) is 6.61 Å². The van der Waals surface area contributed by atoms with Gasteiger partial charge < -0.3 is 10.1 Å². The fourth-order valence-corrected chi connectivity index (χ4v) is 1.23. The molecule has 84 valence electrons. The Morgan fingerprint density at radius 2 is 2.07 bits per heavy atom. The predicted molar refractivity (Wildman–Crippen MR) is 61.7 cm³/mol. The van der Waals surface area contributed by atoms with Crippen LogP contribution in [-0.4, -0.2) is 30.0 Å². The molecule has 0 rings (SSSR count). The number of carbonyl (C=O) groups excluding carboxylic acids is 1. The van der Waals surface area contributed by atoms with Crippen molar-refractivity contribution in [3.05, 3.63) is 0 Å². The summed E-state index contributed by atoms with van der Waals surface area (Å²) in [6, 6.07) is 0. The second-order valence-electron chi connectivity index (χ2n) is 3.63. The summed E-state index contributed by atoms with van der Waals surface area (Å²) in [5.74, 6) is -0.0269. The minimum Gasteiger partial charge on any atom is -0.369 e. The lowest BCUT2D eigenvalue weighted by atomic mass is 10.2. The van der Waals surface area contributed by atoms with Crippen LogP contribution in [0.25, 0.3) is 0 Å². The first-order valence-electron chi connectivity index (χ1n) is 5.04. The van der Waals surface area contributed by atoms with Gasteiger partial charge in [0.15, 0.2) is 0 Å². The first-order chi connectivity index (χ1) is 6.52. The van der Waals surface area contributed by atoms with Gasteiger partial charge in [-0.15, -0.1) is 0 Å². The Labute approximate surface area is 94.7 Å². The molecule has 1 unspecified atom stereocenters. The van der Waals surface area contributed by atoms with Crippen molar-refractivity contribution in [1.29, 1.82) is 0 Å². The third kappa shape index (κ3) is 9.99. The summed E-state index contributed by atoms with van der Waals surface area (Å²) >= 11 is 3.45. The zero-order valence-electron chi connectivity index (χ0n) is 9.18. The fraction of sp³-hybridized carbons (Fsp3) is 0.900. The van der Waals surface area contributed by atoms with E-state index in [1.54, 1.807) is 0 Å². The van der Waals surface area contributed by atoms with Gasteiger partial charge in [-0.1, -0.05) is 22.9 Å². The molecule has 1 amide bonds. The van der Waals surface area contributed by atoms with E-state index in [0.29, 0.717) is 4.83 Å². The maximum atomic E-state index is 11.1. The van der Waals surface area contributed by atoms with E-state index in [2.05, 4.69) is 28.2 Å². The number of amides is 1. The molecule has 1 atom stereocenters. The quantitative estimate of drug-likeness (QED) is 0.566. The normalized spacial score (nSPS) is 12.9. The second-order valence-corrected chi connectivity index (χ2v) is 5.20. The molecular formula is C10H20BrNO2. The minimum atomic E-state index is -0.0269. The van der Waals surface area contributed by atoms with Crippen LogP contribution in [0.3, 0.4) is 0 Å². The molecule has 14 heavy (non-hydrogen) atoms. The number of nitrogens with one attached hydrogen (secondary N) is 1. The molecule has 0 spiro atoms. The number of halogens is 1. The van der Waals surface area contributed by atoms with Crippen molar-refractivity contribution in [1.82, 2.24) is 5.32 Å². The fourth-order valence-electron chi connectivity index (χ4n) is 0.905. The Hall–Kier alpha value is -0.0900. The van der Waals surface area contributed by atoms with E-state index < -0.39 is 0 Å². The van der Waals surface area contributed by atoms with Crippen LogP contribution < -0.4 is 5.32 Å². The highest BCUT2D eigenvalue weighted by Gasteiger charge is 2.02. The molecule has 3 nitrogen and oxygen atoms in total. The number of carbonyl (C=O) groups is 1. The zero-order chi connectivity index (χ0) is 11.0. The van der Waals surface area contributed by atoms with Crippen molar-refractivity contribution >= 4 is 21.8 Å². The summed E-state index contributed by atoms with van der Waals surface area (Å²) in [5.41, 5.74) is 0. The van der Waals surface area contributed by atoms with Gasteiger partial charge >= 0.3 is 0 Å². The number of hydrogen-bond acceptors (Lipinski definition) is 2. The molecule has 0 radical (unpaired) electrons. The molecule has 0 saturated heterocycles. The van der Waals surface area contributed by atoms with Crippen LogP contribution in [0, 0.1) is 0 Å². The van der Waals surface area contributed by atoms with E-state index >= 15 is 0 Å². The summed E-state index contributed by atoms with van der Waals surface area (Å²) in [6.07, 6.45) is 2.19. The van der Waals surface area contributed by atoms with E-state index in [1.807, 2.05) is 13.8 Å². The Bertz CT molecular complexity index is 160. The molecule has 0 aliphatic carbocycles. The minimum absolute atomic E-state index is 0.0269. The van der Waals surface area contributed by atoms with E-state index in [1.165, 1.54) is 0 Å². The van der Waals surface area contributed by atoms with Crippen LogP contribution in [0.5, 0.6) is 0 Å². The monoisotopic (exact) mass is 265 g/mol. The van der Waals surface area contributed by atoms with Gasteiger partial charge in [-0.25, -0.2) is 0 Å². The van der Waals surface area contributed by atoms with Crippen LogP contribution in [0.15, 0.2) is 0 Å². The lowest BCUT2D eigenvalue weighted by Gasteiger charge is -2.08. The Kier molecular flexibility index (Phi) is 8.18. The Morgan fingerprint density at radius 3 is 2.57 bits per heavy atom. The van der Waals surface area contributed by atoms with E-state index in [0.717, 1.165) is 19.4 Å². The van der Waals surface area contributed by atoms with Gasteiger partial charge in [-0.3, -0.25) is 4.79 Å². The molecule has 0 fully saturated rings. The average molecular weight is 266 g/mol. The van der Waals surface area contributed by atoms with Gasteiger partial charge in [-0.2, -0.15) is 0 Å². The lowest BCUT2D eigenvalue weighted by Crippen LogP contribution is -2.29. The maximum Gasteiger partial charge on any atom is 0.246 e. The largest absolute Gasteiger partial charge is 0.369 e. The number of alkyl halides is 1. The van der Waals surface area contributed by atoms with Crippen LogP contribution in [0.4, 0.5) is 0 Å². The molecule has 0 aliphatic heterocycles. The molecular weight excluding hydrogens is 246 g/mol. The lowest BCUT2D eigenvalue weighted by molar-refractivity contribution is -0.127. The standard InChI is InChI=1S/C10H20BrNO2/c1-8(2)14-7-10(13)12-6-4-5-9(3)11/h8-9H,4-7H2,1-3H3,(H,12,13). The zero-order valence-corrected chi connectivity index (χ0v) is 10.8. The van der Waals surface area contributed by atoms with Gasteiger partial charge in [-0.05, 0) is 26.7 Å². The number of hydrogen-bond donors (Lipinski definition) is 1. The highest BCUT2D eigenvalue weighted by molar-refractivity contribution is 9.09. The maximum absolute atomic E-state index is 11.1.